The van der Waals surface area contributed by atoms with E-state index >= 15 is 0 Å². The predicted molar refractivity (Wildman–Crippen MR) is 73.0 cm³/mol. The fourth-order valence-electron chi connectivity index (χ4n) is 1.97. The van der Waals surface area contributed by atoms with E-state index in [9.17, 15) is 0 Å². The average Bonchev–Trinajstić information content (AvgIpc) is 2.64. The fourth-order valence-corrected chi connectivity index (χ4v) is 3.74. The van der Waals surface area contributed by atoms with E-state index in [1.807, 2.05) is 11.8 Å². The number of hydrogen-bond donors (Lipinski definition) is 1. The van der Waals surface area contributed by atoms with Crippen LogP contribution in [0.15, 0.2) is 5.38 Å². The van der Waals surface area contributed by atoms with Crippen LogP contribution in [0.25, 0.3) is 0 Å². The van der Waals surface area contributed by atoms with Gasteiger partial charge >= 0.3 is 0 Å². The molecule has 0 aliphatic heterocycles. The van der Waals surface area contributed by atoms with Crippen LogP contribution < -0.4 is 5.73 Å². The maximum atomic E-state index is 6.23. The molecule has 0 bridgehead atoms. The van der Waals surface area contributed by atoms with Gasteiger partial charge in [0.1, 0.15) is 5.01 Å². The van der Waals surface area contributed by atoms with Crippen LogP contribution in [-0.4, -0.2) is 16.3 Å². The maximum absolute atomic E-state index is 6.23. The number of thiazole rings is 1. The predicted octanol–water partition coefficient (Wildman–Crippen LogP) is 3.21. The van der Waals surface area contributed by atoms with Crippen molar-refractivity contribution in [2.75, 3.05) is 5.75 Å². The summed E-state index contributed by atoms with van der Waals surface area (Å²) in [6.45, 7) is 2.22. The van der Waals surface area contributed by atoms with Crippen LogP contribution in [0, 0.1) is 0 Å². The molecule has 0 amide bonds. The van der Waals surface area contributed by atoms with Crippen LogP contribution in [-0.2, 0) is 12.2 Å². The van der Waals surface area contributed by atoms with Crippen molar-refractivity contribution in [1.29, 1.82) is 0 Å². The molecule has 90 valence electrons. The molecule has 2 nitrogen and oxygen atoms in total. The van der Waals surface area contributed by atoms with Gasteiger partial charge in [0.2, 0.25) is 0 Å². The number of aromatic nitrogens is 1. The molecule has 1 aromatic heterocycles. The SMILES string of the molecule is CCCSCc1nc(CC2(N)CCC2)cs1. The van der Waals surface area contributed by atoms with Crippen LogP contribution in [0.1, 0.15) is 43.3 Å². The second-order valence-corrected chi connectivity index (χ2v) is 6.73. The highest BCUT2D eigenvalue weighted by molar-refractivity contribution is 7.98. The molecule has 1 saturated carbocycles. The topological polar surface area (TPSA) is 38.9 Å². The van der Waals surface area contributed by atoms with Gasteiger partial charge in [-0.1, -0.05) is 6.92 Å². The maximum Gasteiger partial charge on any atom is 0.103 e. The van der Waals surface area contributed by atoms with Gasteiger partial charge in [0.05, 0.1) is 5.69 Å². The Morgan fingerprint density at radius 2 is 2.38 bits per heavy atom. The summed E-state index contributed by atoms with van der Waals surface area (Å²) in [5.41, 5.74) is 7.50. The number of hydrogen-bond acceptors (Lipinski definition) is 4. The second kappa shape index (κ2) is 5.52. The van der Waals surface area contributed by atoms with E-state index < -0.39 is 0 Å². The third-order valence-electron chi connectivity index (χ3n) is 3.06. The highest BCUT2D eigenvalue weighted by Crippen LogP contribution is 2.32. The molecule has 0 atom stereocenters. The number of rotatable bonds is 6. The van der Waals surface area contributed by atoms with Gasteiger partial charge in [-0.2, -0.15) is 11.8 Å². The van der Waals surface area contributed by atoms with E-state index in [1.165, 1.54) is 42.1 Å². The van der Waals surface area contributed by atoms with E-state index in [4.69, 9.17) is 5.73 Å². The van der Waals surface area contributed by atoms with Crippen LogP contribution in [0.3, 0.4) is 0 Å². The van der Waals surface area contributed by atoms with Crippen molar-refractivity contribution in [2.24, 2.45) is 5.73 Å². The Balaban J connectivity index is 1.82. The molecular formula is C12H20N2S2. The molecule has 0 spiro atoms. The largest absolute Gasteiger partial charge is 0.325 e. The first-order valence-corrected chi connectivity index (χ1v) is 8.05. The van der Waals surface area contributed by atoms with Crippen molar-refractivity contribution in [3.8, 4) is 0 Å². The van der Waals surface area contributed by atoms with Gasteiger partial charge in [-0.05, 0) is 31.4 Å². The van der Waals surface area contributed by atoms with Gasteiger partial charge in [-0.15, -0.1) is 11.3 Å². The molecule has 1 fully saturated rings. The van der Waals surface area contributed by atoms with Crippen molar-refractivity contribution in [3.05, 3.63) is 16.1 Å². The van der Waals surface area contributed by atoms with Crippen molar-refractivity contribution in [1.82, 2.24) is 4.98 Å². The van der Waals surface area contributed by atoms with E-state index in [1.54, 1.807) is 11.3 Å². The first kappa shape index (κ1) is 12.4. The summed E-state index contributed by atoms with van der Waals surface area (Å²) in [4.78, 5) is 4.67. The molecule has 16 heavy (non-hydrogen) atoms. The highest BCUT2D eigenvalue weighted by atomic mass is 32.2. The number of nitrogens with zero attached hydrogens (tertiary/aromatic N) is 1. The van der Waals surface area contributed by atoms with Gasteiger partial charge in [0, 0.05) is 23.1 Å². The standard InChI is InChI=1S/C12H20N2S2/c1-2-6-15-9-11-14-10(8-16-11)7-12(13)4-3-5-12/h8H,2-7,9,13H2,1H3. The average molecular weight is 256 g/mol. The molecule has 0 aromatic carbocycles. The van der Waals surface area contributed by atoms with Crippen molar-refractivity contribution in [3.63, 3.8) is 0 Å². The Labute approximate surface area is 106 Å². The molecule has 2 N–H and O–H groups in total. The Morgan fingerprint density at radius 1 is 1.56 bits per heavy atom. The van der Waals surface area contributed by atoms with Crippen molar-refractivity contribution < 1.29 is 0 Å². The highest BCUT2D eigenvalue weighted by Gasteiger charge is 2.33. The van der Waals surface area contributed by atoms with Crippen LogP contribution >= 0.6 is 23.1 Å². The van der Waals surface area contributed by atoms with Crippen molar-refractivity contribution >= 4 is 23.1 Å². The Bertz CT molecular complexity index is 332. The van der Waals surface area contributed by atoms with Gasteiger partial charge in [-0.3, -0.25) is 0 Å². The van der Waals surface area contributed by atoms with Crippen LogP contribution in [0.4, 0.5) is 0 Å². The summed E-state index contributed by atoms with van der Waals surface area (Å²) in [5, 5.41) is 3.45. The lowest BCUT2D eigenvalue weighted by atomic mass is 9.75. The summed E-state index contributed by atoms with van der Waals surface area (Å²) in [6.07, 6.45) is 5.85. The smallest absolute Gasteiger partial charge is 0.103 e. The summed E-state index contributed by atoms with van der Waals surface area (Å²) in [5.74, 6) is 2.30. The third-order valence-corrected chi connectivity index (χ3v) is 5.31. The van der Waals surface area contributed by atoms with Crippen LogP contribution in [0.2, 0.25) is 0 Å². The molecule has 0 radical (unpaired) electrons. The first-order chi connectivity index (χ1) is 7.72. The minimum absolute atomic E-state index is 0.0713. The first-order valence-electron chi connectivity index (χ1n) is 6.02. The van der Waals surface area contributed by atoms with Gasteiger partial charge in [-0.25, -0.2) is 4.98 Å². The normalized spacial score (nSPS) is 18.4. The molecule has 2 rings (SSSR count). The van der Waals surface area contributed by atoms with E-state index in [2.05, 4.69) is 17.3 Å². The Hall–Kier alpha value is -0.0600. The monoisotopic (exact) mass is 256 g/mol. The number of nitrogens with two attached hydrogens (primary N) is 1. The molecule has 1 aliphatic carbocycles. The number of thioether (sulfide) groups is 1. The molecular weight excluding hydrogens is 236 g/mol. The molecule has 1 aromatic rings. The molecule has 4 heteroatoms. The van der Waals surface area contributed by atoms with E-state index in [-0.39, 0.29) is 5.54 Å². The quantitative estimate of drug-likeness (QED) is 0.794. The second-order valence-electron chi connectivity index (χ2n) is 4.68. The Morgan fingerprint density at radius 3 is 3.00 bits per heavy atom. The zero-order valence-electron chi connectivity index (χ0n) is 9.87. The van der Waals surface area contributed by atoms with Gasteiger partial charge < -0.3 is 5.73 Å². The lowest BCUT2D eigenvalue weighted by molar-refractivity contribution is 0.246. The van der Waals surface area contributed by atoms with Crippen molar-refractivity contribution in [2.45, 2.75) is 50.3 Å². The lowest BCUT2D eigenvalue weighted by Crippen LogP contribution is -2.48. The fraction of sp³-hybridized carbons (Fsp3) is 0.750. The molecule has 1 heterocycles. The zero-order valence-corrected chi connectivity index (χ0v) is 11.5. The summed E-state index contributed by atoms with van der Waals surface area (Å²) in [6, 6.07) is 0. The third kappa shape index (κ3) is 3.22. The summed E-state index contributed by atoms with van der Waals surface area (Å²) in [7, 11) is 0. The van der Waals surface area contributed by atoms with Gasteiger partial charge in [0.25, 0.3) is 0 Å². The van der Waals surface area contributed by atoms with Gasteiger partial charge in [0.15, 0.2) is 0 Å². The summed E-state index contributed by atoms with van der Waals surface area (Å²) >= 11 is 3.76. The minimum atomic E-state index is 0.0713. The summed E-state index contributed by atoms with van der Waals surface area (Å²) < 4.78 is 0. The molecule has 0 unspecified atom stereocenters. The lowest BCUT2D eigenvalue weighted by Gasteiger charge is -2.37. The molecule has 0 saturated heterocycles. The Kier molecular flexibility index (Phi) is 4.27. The molecule has 1 aliphatic rings. The zero-order chi connectivity index (χ0) is 11.4. The van der Waals surface area contributed by atoms with Crippen LogP contribution in [0.5, 0.6) is 0 Å². The van der Waals surface area contributed by atoms with E-state index in [0.29, 0.717) is 0 Å². The minimum Gasteiger partial charge on any atom is -0.325 e. The van der Waals surface area contributed by atoms with E-state index in [0.717, 1.165) is 12.2 Å².